The van der Waals surface area contributed by atoms with Gasteiger partial charge in [0.1, 0.15) is 0 Å². The van der Waals surface area contributed by atoms with Gasteiger partial charge in [-0.05, 0) is 19.3 Å². The van der Waals surface area contributed by atoms with E-state index in [1.165, 1.54) is 0 Å². The van der Waals surface area contributed by atoms with Crippen molar-refractivity contribution in [1.82, 2.24) is 0 Å². The van der Waals surface area contributed by atoms with Gasteiger partial charge in [-0.15, -0.1) is 0 Å². The first-order valence-corrected chi connectivity index (χ1v) is 4.48. The molecule has 2 unspecified atom stereocenters. The molecule has 72 valence electrons. The molecule has 0 amide bonds. The Balaban J connectivity index is 3.37. The number of carbonyl (C=O) groups is 1. The van der Waals surface area contributed by atoms with Crippen molar-refractivity contribution in [2.45, 2.75) is 45.6 Å². The molecule has 0 aromatic heterocycles. The van der Waals surface area contributed by atoms with E-state index in [1.54, 1.807) is 6.92 Å². The molecule has 3 heteroatoms. The lowest BCUT2D eigenvalue weighted by molar-refractivity contribution is -0.141. The molecule has 0 radical (unpaired) electrons. The van der Waals surface area contributed by atoms with Crippen LogP contribution in [0.4, 0.5) is 0 Å². The number of hydrogen-bond acceptors (Lipinski definition) is 2. The van der Waals surface area contributed by atoms with Crippen LogP contribution in [-0.2, 0) is 4.79 Å². The van der Waals surface area contributed by atoms with Crippen molar-refractivity contribution < 1.29 is 15.0 Å². The van der Waals surface area contributed by atoms with E-state index in [9.17, 15) is 4.79 Å². The van der Waals surface area contributed by atoms with Crippen molar-refractivity contribution in [3.63, 3.8) is 0 Å². The average Bonchev–Trinajstić information content (AvgIpc) is 2.03. The normalized spacial score (nSPS) is 15.6. The molecule has 0 fully saturated rings. The largest absolute Gasteiger partial charge is 0.481 e. The quantitative estimate of drug-likeness (QED) is 0.643. The smallest absolute Gasteiger partial charge is 0.306 e. The van der Waals surface area contributed by atoms with Crippen LogP contribution in [0.1, 0.15) is 39.5 Å². The number of aliphatic hydroxyl groups excluding tert-OH is 1. The fourth-order valence-electron chi connectivity index (χ4n) is 0.987. The number of rotatable bonds is 6. The van der Waals surface area contributed by atoms with E-state index >= 15 is 0 Å². The summed E-state index contributed by atoms with van der Waals surface area (Å²) in [5.41, 5.74) is 0. The summed E-state index contributed by atoms with van der Waals surface area (Å²) >= 11 is 0. The van der Waals surface area contributed by atoms with E-state index < -0.39 is 5.97 Å². The van der Waals surface area contributed by atoms with Crippen LogP contribution in [0.5, 0.6) is 0 Å². The summed E-state index contributed by atoms with van der Waals surface area (Å²) in [5, 5.41) is 17.7. The molecule has 0 spiro atoms. The second kappa shape index (κ2) is 6.00. The zero-order chi connectivity index (χ0) is 9.56. The minimum absolute atomic E-state index is 0.258. The van der Waals surface area contributed by atoms with Gasteiger partial charge < -0.3 is 10.2 Å². The van der Waals surface area contributed by atoms with E-state index in [0.717, 1.165) is 12.8 Å². The van der Waals surface area contributed by atoms with Crippen molar-refractivity contribution in [1.29, 1.82) is 0 Å². The molecule has 0 rings (SSSR count). The van der Waals surface area contributed by atoms with E-state index in [0.29, 0.717) is 12.8 Å². The second-order valence-electron chi connectivity index (χ2n) is 3.23. The molecular formula is C9H18O3. The maximum absolute atomic E-state index is 10.4. The minimum Gasteiger partial charge on any atom is -0.481 e. The maximum atomic E-state index is 10.4. The minimum atomic E-state index is -0.749. The lowest BCUT2D eigenvalue weighted by Gasteiger charge is -2.08. The van der Waals surface area contributed by atoms with Crippen LogP contribution in [0.15, 0.2) is 0 Å². The predicted molar refractivity (Wildman–Crippen MR) is 46.9 cm³/mol. The molecule has 2 atom stereocenters. The van der Waals surface area contributed by atoms with Crippen LogP contribution in [0.25, 0.3) is 0 Å². The zero-order valence-electron chi connectivity index (χ0n) is 7.79. The van der Waals surface area contributed by atoms with Crippen molar-refractivity contribution in [2.75, 3.05) is 0 Å². The van der Waals surface area contributed by atoms with Crippen LogP contribution in [0.3, 0.4) is 0 Å². The van der Waals surface area contributed by atoms with E-state index in [2.05, 4.69) is 0 Å². The third kappa shape index (κ3) is 5.13. The molecule has 0 aliphatic rings. The van der Waals surface area contributed by atoms with Gasteiger partial charge in [-0.1, -0.05) is 20.3 Å². The van der Waals surface area contributed by atoms with Gasteiger partial charge in [0.2, 0.25) is 0 Å². The van der Waals surface area contributed by atoms with Gasteiger partial charge in [0, 0.05) is 0 Å². The number of aliphatic hydroxyl groups is 1. The van der Waals surface area contributed by atoms with Crippen LogP contribution in [-0.4, -0.2) is 22.3 Å². The van der Waals surface area contributed by atoms with Gasteiger partial charge in [0.05, 0.1) is 12.0 Å². The summed E-state index contributed by atoms with van der Waals surface area (Å²) in [6.07, 6.45) is 2.66. The highest BCUT2D eigenvalue weighted by molar-refractivity contribution is 5.69. The molecule has 0 aromatic rings. The average molecular weight is 174 g/mol. The Morgan fingerprint density at radius 1 is 1.42 bits per heavy atom. The lowest BCUT2D eigenvalue weighted by atomic mass is 10.0. The Bertz CT molecular complexity index is 134. The van der Waals surface area contributed by atoms with Gasteiger partial charge in [-0.3, -0.25) is 4.79 Å². The lowest BCUT2D eigenvalue weighted by Crippen LogP contribution is -2.11. The molecule has 0 aliphatic carbocycles. The highest BCUT2D eigenvalue weighted by Gasteiger charge is 2.10. The van der Waals surface area contributed by atoms with Gasteiger partial charge in [-0.25, -0.2) is 0 Å². The topological polar surface area (TPSA) is 57.5 Å². The summed E-state index contributed by atoms with van der Waals surface area (Å²) in [4.78, 5) is 10.4. The fourth-order valence-corrected chi connectivity index (χ4v) is 0.987. The van der Waals surface area contributed by atoms with Crippen molar-refractivity contribution >= 4 is 5.97 Å². The first-order valence-electron chi connectivity index (χ1n) is 4.48. The highest BCUT2D eigenvalue weighted by atomic mass is 16.4. The number of aliphatic carboxylic acids is 1. The molecule has 0 aromatic carbocycles. The third-order valence-electron chi connectivity index (χ3n) is 2.07. The SMILES string of the molecule is CCC(O)CCCC(C)C(=O)O. The summed E-state index contributed by atoms with van der Waals surface area (Å²) in [7, 11) is 0. The van der Waals surface area contributed by atoms with Crippen LogP contribution < -0.4 is 0 Å². The summed E-state index contributed by atoms with van der Waals surface area (Å²) in [6, 6.07) is 0. The Morgan fingerprint density at radius 2 is 2.00 bits per heavy atom. The third-order valence-corrected chi connectivity index (χ3v) is 2.07. The predicted octanol–water partition coefficient (Wildman–Crippen LogP) is 1.65. The highest BCUT2D eigenvalue weighted by Crippen LogP contribution is 2.10. The Labute approximate surface area is 73.4 Å². The molecule has 12 heavy (non-hydrogen) atoms. The van der Waals surface area contributed by atoms with Gasteiger partial charge in [0.25, 0.3) is 0 Å². The van der Waals surface area contributed by atoms with Crippen molar-refractivity contribution in [2.24, 2.45) is 5.92 Å². The van der Waals surface area contributed by atoms with Gasteiger partial charge in [0.15, 0.2) is 0 Å². The van der Waals surface area contributed by atoms with Crippen molar-refractivity contribution in [3.05, 3.63) is 0 Å². The standard InChI is InChI=1S/C9H18O3/c1-3-8(10)6-4-5-7(2)9(11)12/h7-8,10H,3-6H2,1-2H3,(H,11,12). The monoisotopic (exact) mass is 174 g/mol. The molecule has 0 saturated carbocycles. The second-order valence-corrected chi connectivity index (χ2v) is 3.23. The number of carboxylic acid groups (broad SMARTS) is 1. The first kappa shape index (κ1) is 11.4. The molecule has 3 nitrogen and oxygen atoms in total. The fraction of sp³-hybridized carbons (Fsp3) is 0.889. The summed E-state index contributed by atoms with van der Waals surface area (Å²) in [6.45, 7) is 3.62. The van der Waals surface area contributed by atoms with Crippen LogP contribution in [0.2, 0.25) is 0 Å². The zero-order valence-corrected chi connectivity index (χ0v) is 7.79. The van der Waals surface area contributed by atoms with E-state index in [1.807, 2.05) is 6.92 Å². The molecule has 0 saturated heterocycles. The molecule has 0 aliphatic heterocycles. The van der Waals surface area contributed by atoms with Crippen LogP contribution >= 0.6 is 0 Å². The van der Waals surface area contributed by atoms with E-state index in [-0.39, 0.29) is 12.0 Å². The van der Waals surface area contributed by atoms with E-state index in [4.69, 9.17) is 10.2 Å². The molecule has 0 heterocycles. The Hall–Kier alpha value is -0.570. The summed E-state index contributed by atoms with van der Waals surface area (Å²) < 4.78 is 0. The Kier molecular flexibility index (Phi) is 5.72. The van der Waals surface area contributed by atoms with Crippen LogP contribution in [0, 0.1) is 5.92 Å². The van der Waals surface area contributed by atoms with Gasteiger partial charge >= 0.3 is 5.97 Å². The number of carboxylic acids is 1. The first-order chi connectivity index (χ1) is 5.57. The maximum Gasteiger partial charge on any atom is 0.306 e. The molecular weight excluding hydrogens is 156 g/mol. The molecule has 2 N–H and O–H groups in total. The van der Waals surface area contributed by atoms with Crippen molar-refractivity contribution in [3.8, 4) is 0 Å². The molecule has 0 bridgehead atoms. The summed E-state index contributed by atoms with van der Waals surface area (Å²) in [5.74, 6) is -1.03. The van der Waals surface area contributed by atoms with Gasteiger partial charge in [-0.2, -0.15) is 0 Å². The number of hydrogen-bond donors (Lipinski definition) is 2. The Morgan fingerprint density at radius 3 is 2.42 bits per heavy atom.